The van der Waals surface area contributed by atoms with Crippen molar-refractivity contribution in [1.29, 1.82) is 0 Å². The van der Waals surface area contributed by atoms with E-state index in [1.807, 2.05) is 27.7 Å². The van der Waals surface area contributed by atoms with Gasteiger partial charge in [0, 0.05) is 0 Å². The minimum Gasteiger partial charge on any atom is -0.481 e. The highest BCUT2D eigenvalue weighted by Gasteiger charge is 2.21. The zero-order chi connectivity index (χ0) is 30.4. The third-order valence-electron chi connectivity index (χ3n) is 8.48. The maximum Gasteiger partial charge on any atom is 0.306 e. The van der Waals surface area contributed by atoms with E-state index in [1.54, 1.807) is 0 Å². The van der Waals surface area contributed by atoms with E-state index in [9.17, 15) is 9.59 Å². The standard InChI is InChI=1S/C19H38O2.C17H34O2/c1-4-5-6-7-8-9-10-11-12-13-14-15-16-18(17(2)3)19(20)21;1-4-5-6-7-8-9-10-11-12-13-14-16(15(2)3)17(18)19/h17-18H,4-16H2,1-3H3,(H,20,21);15-16H,4-14H2,1-3H3,(H,18,19). The predicted molar refractivity (Wildman–Crippen MR) is 174 cm³/mol. The molecule has 40 heavy (non-hydrogen) atoms. The highest BCUT2D eigenvalue weighted by molar-refractivity contribution is 5.70. The number of hydrogen-bond donors (Lipinski definition) is 2. The van der Waals surface area contributed by atoms with Gasteiger partial charge >= 0.3 is 11.9 Å². The lowest BCUT2D eigenvalue weighted by molar-refractivity contribution is -0.144. The Labute approximate surface area is 250 Å². The van der Waals surface area contributed by atoms with E-state index in [-0.39, 0.29) is 23.7 Å². The fraction of sp³-hybridized carbons (Fsp3) is 0.944. The maximum absolute atomic E-state index is 11.1. The summed E-state index contributed by atoms with van der Waals surface area (Å²) in [5.41, 5.74) is 0. The highest BCUT2D eigenvalue weighted by Crippen LogP contribution is 2.21. The van der Waals surface area contributed by atoms with Crippen molar-refractivity contribution in [2.24, 2.45) is 23.7 Å². The van der Waals surface area contributed by atoms with Gasteiger partial charge in [0.05, 0.1) is 11.8 Å². The molecule has 2 atom stereocenters. The molecule has 0 aromatic heterocycles. The van der Waals surface area contributed by atoms with Crippen LogP contribution in [-0.4, -0.2) is 22.2 Å². The Morgan fingerprint density at radius 1 is 0.400 bits per heavy atom. The van der Waals surface area contributed by atoms with Crippen LogP contribution in [0, 0.1) is 23.7 Å². The summed E-state index contributed by atoms with van der Waals surface area (Å²) in [6.07, 6.45) is 30.8. The maximum atomic E-state index is 11.1. The molecule has 0 aliphatic carbocycles. The molecular weight excluding hydrogens is 496 g/mol. The molecule has 0 aromatic carbocycles. The molecule has 0 saturated carbocycles. The Kier molecular flexibility index (Phi) is 31.7. The SMILES string of the molecule is CCCCCCCCCCCCC(C(=O)O)C(C)C.CCCCCCCCCCCCCCC(C(=O)O)C(C)C. The molecule has 4 nitrogen and oxygen atoms in total. The lowest BCUT2D eigenvalue weighted by Gasteiger charge is -2.15. The van der Waals surface area contributed by atoms with Gasteiger partial charge in [-0.2, -0.15) is 0 Å². The first kappa shape index (κ1) is 41.1. The number of unbranched alkanes of at least 4 members (excludes halogenated alkanes) is 20. The molecule has 2 N–H and O–H groups in total. The molecule has 0 aromatic rings. The fourth-order valence-corrected chi connectivity index (χ4v) is 5.54. The molecule has 2 unspecified atom stereocenters. The summed E-state index contributed by atoms with van der Waals surface area (Å²) in [5.74, 6) is -1.01. The molecule has 0 saturated heterocycles. The Balaban J connectivity index is 0. The normalized spacial score (nSPS) is 12.8. The third kappa shape index (κ3) is 28.5. The lowest BCUT2D eigenvalue weighted by Crippen LogP contribution is -2.19. The van der Waals surface area contributed by atoms with Gasteiger partial charge in [0.15, 0.2) is 0 Å². The highest BCUT2D eigenvalue weighted by atomic mass is 16.4. The van der Waals surface area contributed by atoms with Crippen LogP contribution in [0.4, 0.5) is 0 Å². The molecule has 0 radical (unpaired) electrons. The third-order valence-corrected chi connectivity index (χ3v) is 8.48. The first-order valence-electron chi connectivity index (χ1n) is 17.6. The van der Waals surface area contributed by atoms with E-state index in [1.165, 1.54) is 128 Å². The average Bonchev–Trinajstić information content (AvgIpc) is 2.89. The van der Waals surface area contributed by atoms with Gasteiger partial charge in [0.25, 0.3) is 0 Å². The zero-order valence-corrected chi connectivity index (χ0v) is 28.0. The zero-order valence-electron chi connectivity index (χ0n) is 28.0. The van der Waals surface area contributed by atoms with Crippen LogP contribution in [0.3, 0.4) is 0 Å². The summed E-state index contributed by atoms with van der Waals surface area (Å²) in [6, 6.07) is 0. The molecule has 0 amide bonds. The van der Waals surface area contributed by atoms with Crippen LogP contribution in [0.5, 0.6) is 0 Å². The quantitative estimate of drug-likeness (QED) is 0.0920. The summed E-state index contributed by atoms with van der Waals surface area (Å²) in [6.45, 7) is 12.6. The van der Waals surface area contributed by atoms with Gasteiger partial charge in [0.2, 0.25) is 0 Å². The van der Waals surface area contributed by atoms with Gasteiger partial charge in [-0.3, -0.25) is 9.59 Å². The summed E-state index contributed by atoms with van der Waals surface area (Å²) in [4.78, 5) is 22.1. The van der Waals surface area contributed by atoms with Crippen molar-refractivity contribution < 1.29 is 19.8 Å². The van der Waals surface area contributed by atoms with Crippen molar-refractivity contribution in [3.05, 3.63) is 0 Å². The second kappa shape index (κ2) is 30.9. The minimum atomic E-state index is -0.620. The van der Waals surface area contributed by atoms with E-state index < -0.39 is 11.9 Å². The summed E-state index contributed by atoms with van der Waals surface area (Å²) < 4.78 is 0. The van der Waals surface area contributed by atoms with Crippen molar-refractivity contribution in [2.75, 3.05) is 0 Å². The molecule has 0 aliphatic rings. The van der Waals surface area contributed by atoms with Crippen LogP contribution >= 0.6 is 0 Å². The number of carboxylic acid groups (broad SMARTS) is 2. The fourth-order valence-electron chi connectivity index (χ4n) is 5.54. The Bertz CT molecular complexity index is 543. The van der Waals surface area contributed by atoms with Crippen LogP contribution < -0.4 is 0 Å². The lowest BCUT2D eigenvalue weighted by atomic mass is 9.90. The van der Waals surface area contributed by atoms with Crippen molar-refractivity contribution >= 4 is 11.9 Å². The molecule has 4 heteroatoms. The van der Waals surface area contributed by atoms with Gasteiger partial charge in [0.1, 0.15) is 0 Å². The summed E-state index contributed by atoms with van der Waals surface area (Å²) in [7, 11) is 0. The van der Waals surface area contributed by atoms with Crippen LogP contribution in [-0.2, 0) is 9.59 Å². The van der Waals surface area contributed by atoms with Gasteiger partial charge in [-0.05, 0) is 24.7 Å². The van der Waals surface area contributed by atoms with Crippen LogP contribution in [0.25, 0.3) is 0 Å². The molecule has 0 aliphatic heterocycles. The number of carbonyl (C=O) groups is 2. The molecule has 0 bridgehead atoms. The second-order valence-electron chi connectivity index (χ2n) is 13.0. The molecular formula is C36H72O4. The Hall–Kier alpha value is -1.06. The second-order valence-corrected chi connectivity index (χ2v) is 13.0. The van der Waals surface area contributed by atoms with Crippen molar-refractivity contribution in [2.45, 2.75) is 196 Å². The molecule has 0 rings (SSSR count). The molecule has 0 heterocycles. The van der Waals surface area contributed by atoms with Crippen molar-refractivity contribution in [3.63, 3.8) is 0 Å². The van der Waals surface area contributed by atoms with E-state index >= 15 is 0 Å². The smallest absolute Gasteiger partial charge is 0.306 e. The largest absolute Gasteiger partial charge is 0.481 e. The van der Waals surface area contributed by atoms with Gasteiger partial charge in [-0.1, -0.05) is 183 Å². The predicted octanol–water partition coefficient (Wildman–Crippen LogP) is 12.1. The number of aliphatic carboxylic acids is 2. The van der Waals surface area contributed by atoms with Crippen LogP contribution in [0.2, 0.25) is 0 Å². The summed E-state index contributed by atoms with van der Waals surface area (Å²) >= 11 is 0. The number of rotatable bonds is 28. The minimum absolute atomic E-state index is 0.144. The van der Waals surface area contributed by atoms with Crippen LogP contribution in [0.1, 0.15) is 196 Å². The summed E-state index contributed by atoms with van der Waals surface area (Å²) in [5, 5.41) is 18.2. The van der Waals surface area contributed by atoms with E-state index in [2.05, 4.69) is 13.8 Å². The number of hydrogen-bond acceptors (Lipinski definition) is 2. The van der Waals surface area contributed by atoms with Gasteiger partial charge < -0.3 is 10.2 Å². The molecule has 0 spiro atoms. The van der Waals surface area contributed by atoms with Gasteiger partial charge in [-0.15, -0.1) is 0 Å². The number of carboxylic acids is 2. The average molecular weight is 569 g/mol. The Morgan fingerprint density at radius 2 is 0.600 bits per heavy atom. The topological polar surface area (TPSA) is 74.6 Å². The first-order valence-corrected chi connectivity index (χ1v) is 17.6. The van der Waals surface area contributed by atoms with E-state index in [0.29, 0.717) is 0 Å². The van der Waals surface area contributed by atoms with E-state index in [4.69, 9.17) is 10.2 Å². The van der Waals surface area contributed by atoms with Crippen molar-refractivity contribution in [3.8, 4) is 0 Å². The monoisotopic (exact) mass is 569 g/mol. The van der Waals surface area contributed by atoms with E-state index in [0.717, 1.165) is 25.7 Å². The molecule has 240 valence electrons. The van der Waals surface area contributed by atoms with Crippen LogP contribution in [0.15, 0.2) is 0 Å². The Morgan fingerprint density at radius 3 is 0.775 bits per heavy atom. The first-order chi connectivity index (χ1) is 19.2. The van der Waals surface area contributed by atoms with Crippen molar-refractivity contribution in [1.82, 2.24) is 0 Å². The molecule has 0 fully saturated rings. The van der Waals surface area contributed by atoms with Gasteiger partial charge in [-0.25, -0.2) is 0 Å².